The highest BCUT2D eigenvalue weighted by atomic mass is 16.5. The molecule has 8 rings (SSSR count). The second-order valence-electron chi connectivity index (χ2n) is 18.1. The molecule has 0 amide bonds. The average Bonchev–Trinajstić information content (AvgIpc) is 3.33. The SMILES string of the molecule is CCCCOc1ccc(C(=O)Oc2ccc(-c3ccc(C#N)cc3)cc2)cc1.CCCOC1CCC2CC(C3CCC(COC(C)c4ccc5ccccc5c4)CC3)CCC2C1. The molecule has 6 heteroatoms. The van der Waals surface area contributed by atoms with Gasteiger partial charge in [0, 0.05) is 6.61 Å². The van der Waals surface area contributed by atoms with Crippen molar-refractivity contribution in [1.29, 1.82) is 5.26 Å². The number of hydrogen-bond donors (Lipinski definition) is 0. The number of rotatable bonds is 15. The summed E-state index contributed by atoms with van der Waals surface area (Å²) in [5.41, 5.74) is 4.38. The molecule has 5 aromatic carbocycles. The number of unbranched alkanes of at least 4 members (excludes halogenated alkanes) is 1. The fourth-order valence-electron chi connectivity index (χ4n) is 10.1. The Kier molecular flexibility index (Phi) is 16.7. The molecule has 3 saturated carbocycles. The van der Waals surface area contributed by atoms with Gasteiger partial charge in [-0.25, -0.2) is 4.79 Å². The van der Waals surface area contributed by atoms with Crippen LogP contribution in [0.3, 0.4) is 0 Å². The van der Waals surface area contributed by atoms with Crippen molar-refractivity contribution in [2.45, 2.75) is 116 Å². The Balaban J connectivity index is 0.000000190. The van der Waals surface area contributed by atoms with Crippen molar-refractivity contribution in [2.75, 3.05) is 19.8 Å². The quantitative estimate of drug-likeness (QED) is 0.0594. The second-order valence-corrected chi connectivity index (χ2v) is 18.1. The van der Waals surface area contributed by atoms with E-state index in [-0.39, 0.29) is 6.10 Å². The molecule has 5 unspecified atom stereocenters. The van der Waals surface area contributed by atoms with E-state index >= 15 is 0 Å². The summed E-state index contributed by atoms with van der Waals surface area (Å²) in [6.07, 6.45) is 18.1. The molecule has 5 aromatic rings. The van der Waals surface area contributed by atoms with Gasteiger partial charge in [-0.15, -0.1) is 0 Å². The molecule has 326 valence electrons. The Morgan fingerprint density at radius 1 is 0.661 bits per heavy atom. The van der Waals surface area contributed by atoms with E-state index in [1.807, 2.05) is 24.3 Å². The minimum absolute atomic E-state index is 0.175. The van der Waals surface area contributed by atoms with Crippen LogP contribution in [0, 0.1) is 40.9 Å². The van der Waals surface area contributed by atoms with E-state index in [2.05, 4.69) is 69.3 Å². The Morgan fingerprint density at radius 2 is 1.29 bits per heavy atom. The maximum absolute atomic E-state index is 12.3. The summed E-state index contributed by atoms with van der Waals surface area (Å²) in [7, 11) is 0. The molecule has 0 aromatic heterocycles. The van der Waals surface area contributed by atoms with Gasteiger partial charge in [0.05, 0.1) is 42.6 Å². The van der Waals surface area contributed by atoms with Crippen LogP contribution in [0.1, 0.15) is 132 Å². The van der Waals surface area contributed by atoms with Crippen LogP contribution < -0.4 is 9.47 Å². The third-order valence-corrected chi connectivity index (χ3v) is 13.8. The van der Waals surface area contributed by atoms with Crippen molar-refractivity contribution in [3.8, 4) is 28.7 Å². The molecule has 62 heavy (non-hydrogen) atoms. The molecule has 0 N–H and O–H groups in total. The number of benzene rings is 5. The van der Waals surface area contributed by atoms with Crippen LogP contribution >= 0.6 is 0 Å². The van der Waals surface area contributed by atoms with Crippen LogP contribution in [0.2, 0.25) is 0 Å². The molecule has 6 nitrogen and oxygen atoms in total. The van der Waals surface area contributed by atoms with E-state index < -0.39 is 5.97 Å². The van der Waals surface area contributed by atoms with Crippen molar-refractivity contribution in [3.63, 3.8) is 0 Å². The lowest BCUT2D eigenvalue weighted by Gasteiger charge is -2.45. The Hall–Kier alpha value is -4.96. The van der Waals surface area contributed by atoms with Crippen molar-refractivity contribution < 1.29 is 23.7 Å². The van der Waals surface area contributed by atoms with Crippen molar-refractivity contribution in [3.05, 3.63) is 132 Å². The zero-order valence-electron chi connectivity index (χ0n) is 37.3. The summed E-state index contributed by atoms with van der Waals surface area (Å²) >= 11 is 0. The first-order valence-electron chi connectivity index (χ1n) is 23.7. The predicted octanol–water partition coefficient (Wildman–Crippen LogP) is 14.4. The first-order valence-corrected chi connectivity index (χ1v) is 23.7. The van der Waals surface area contributed by atoms with E-state index in [4.69, 9.17) is 24.2 Å². The minimum atomic E-state index is -0.411. The standard InChI is InChI=1S/C32H46O2.C24H21NO3/c1-3-18-33-32-17-16-30-20-29(14-15-31(30)21-32)26-10-8-24(9-11-26)22-34-23(2)27-13-12-25-6-4-5-7-28(25)19-27;1-2-3-16-27-22-12-10-21(11-13-22)24(26)28-23-14-8-20(9-15-23)19-6-4-18(17-25)5-7-19/h4-7,12-13,19,23-24,26,29-32H,3,8-11,14-18,20-22H2,1-2H3;4-15H,2-3,16H2,1H3. The highest BCUT2D eigenvalue weighted by Gasteiger charge is 2.39. The molecule has 0 heterocycles. The highest BCUT2D eigenvalue weighted by Crippen LogP contribution is 2.48. The van der Waals surface area contributed by atoms with Gasteiger partial charge in [0.15, 0.2) is 0 Å². The van der Waals surface area contributed by atoms with Crippen LogP contribution in [-0.2, 0) is 9.47 Å². The zero-order valence-corrected chi connectivity index (χ0v) is 37.3. The van der Waals surface area contributed by atoms with Gasteiger partial charge in [0.1, 0.15) is 11.5 Å². The van der Waals surface area contributed by atoms with Gasteiger partial charge in [-0.05, 0) is 196 Å². The van der Waals surface area contributed by atoms with Crippen molar-refractivity contribution in [1.82, 2.24) is 0 Å². The lowest BCUT2D eigenvalue weighted by molar-refractivity contribution is -0.0272. The molecule has 3 aliphatic rings. The molecule has 0 saturated heterocycles. The van der Waals surface area contributed by atoms with Gasteiger partial charge in [0.25, 0.3) is 0 Å². The molecule has 0 bridgehead atoms. The van der Waals surface area contributed by atoms with Gasteiger partial charge in [-0.1, -0.05) is 80.9 Å². The summed E-state index contributed by atoms with van der Waals surface area (Å²) in [4.78, 5) is 12.3. The van der Waals surface area contributed by atoms with Crippen molar-refractivity contribution in [2.24, 2.45) is 29.6 Å². The lowest BCUT2D eigenvalue weighted by Crippen LogP contribution is -2.37. The molecule has 0 spiro atoms. The van der Waals surface area contributed by atoms with Gasteiger partial charge in [0.2, 0.25) is 0 Å². The van der Waals surface area contributed by atoms with Crippen LogP contribution in [0.25, 0.3) is 21.9 Å². The smallest absolute Gasteiger partial charge is 0.343 e. The Bertz CT molecular complexity index is 2170. The number of nitriles is 1. The van der Waals surface area contributed by atoms with Gasteiger partial charge in [-0.2, -0.15) is 5.26 Å². The summed E-state index contributed by atoms with van der Waals surface area (Å²) in [6, 6.07) is 39.1. The molecule has 3 aliphatic carbocycles. The predicted molar refractivity (Wildman–Crippen MR) is 250 cm³/mol. The number of ether oxygens (including phenoxy) is 4. The lowest BCUT2D eigenvalue weighted by atomic mass is 9.62. The van der Waals surface area contributed by atoms with E-state index in [0.717, 1.165) is 78.9 Å². The zero-order chi connectivity index (χ0) is 43.1. The molecule has 0 aliphatic heterocycles. The van der Waals surface area contributed by atoms with Crippen LogP contribution in [0.15, 0.2) is 115 Å². The number of carbonyl (C=O) groups excluding carboxylic acids is 1. The highest BCUT2D eigenvalue weighted by molar-refractivity contribution is 5.91. The van der Waals surface area contributed by atoms with Crippen LogP contribution in [0.4, 0.5) is 0 Å². The fourth-order valence-corrected chi connectivity index (χ4v) is 10.1. The van der Waals surface area contributed by atoms with E-state index in [9.17, 15) is 4.79 Å². The molecule has 3 fully saturated rings. The number of nitrogens with zero attached hydrogens (tertiary/aromatic N) is 1. The largest absolute Gasteiger partial charge is 0.494 e. The Morgan fingerprint density at radius 3 is 1.98 bits per heavy atom. The third kappa shape index (κ3) is 12.6. The molecule has 0 radical (unpaired) electrons. The molecular formula is C56H67NO5. The maximum atomic E-state index is 12.3. The topological polar surface area (TPSA) is 77.8 Å². The number of esters is 1. The summed E-state index contributed by atoms with van der Waals surface area (Å²) < 4.78 is 23.5. The monoisotopic (exact) mass is 834 g/mol. The second kappa shape index (κ2) is 22.9. The van der Waals surface area contributed by atoms with Gasteiger partial charge >= 0.3 is 5.97 Å². The number of fused-ring (bicyclic) bond motifs is 2. The number of carbonyl (C=O) groups is 1. The number of hydrogen-bond acceptors (Lipinski definition) is 6. The van der Waals surface area contributed by atoms with Crippen LogP contribution in [0.5, 0.6) is 11.5 Å². The average molecular weight is 834 g/mol. The molecular weight excluding hydrogens is 767 g/mol. The normalized spacial score (nSPS) is 22.6. The molecule has 5 atom stereocenters. The summed E-state index contributed by atoms with van der Waals surface area (Å²) in [5.74, 6) is 5.48. The fraction of sp³-hybridized carbons (Fsp3) is 0.464. The Labute approximate surface area is 370 Å². The van der Waals surface area contributed by atoms with Crippen LogP contribution in [-0.4, -0.2) is 31.9 Å². The first-order chi connectivity index (χ1) is 30.4. The van der Waals surface area contributed by atoms with E-state index in [0.29, 0.717) is 29.6 Å². The summed E-state index contributed by atoms with van der Waals surface area (Å²) in [5, 5.41) is 11.5. The third-order valence-electron chi connectivity index (χ3n) is 13.8. The van der Waals surface area contributed by atoms with Gasteiger partial charge < -0.3 is 18.9 Å². The maximum Gasteiger partial charge on any atom is 0.343 e. The summed E-state index contributed by atoms with van der Waals surface area (Å²) in [6.45, 7) is 9.11. The minimum Gasteiger partial charge on any atom is -0.494 e. The van der Waals surface area contributed by atoms with E-state index in [1.54, 1.807) is 48.5 Å². The van der Waals surface area contributed by atoms with Gasteiger partial charge in [-0.3, -0.25) is 0 Å². The van der Waals surface area contributed by atoms with E-state index in [1.165, 1.54) is 80.5 Å². The van der Waals surface area contributed by atoms with Crippen molar-refractivity contribution >= 4 is 16.7 Å². The first kappa shape index (κ1) is 45.1.